The average Bonchev–Trinajstić information content (AvgIpc) is 2.79. The summed E-state index contributed by atoms with van der Waals surface area (Å²) in [4.78, 5) is 0. The van der Waals surface area contributed by atoms with Crippen LogP contribution in [0.5, 0.6) is 11.5 Å². The van der Waals surface area contributed by atoms with Gasteiger partial charge in [0.05, 0.1) is 12.4 Å². The van der Waals surface area contributed by atoms with Crippen LogP contribution in [-0.4, -0.2) is 9.78 Å². The molecule has 2 N–H and O–H groups in total. The van der Waals surface area contributed by atoms with Crippen molar-refractivity contribution in [2.75, 3.05) is 0 Å². The van der Waals surface area contributed by atoms with Gasteiger partial charge in [0.1, 0.15) is 5.75 Å². The van der Waals surface area contributed by atoms with Crippen LogP contribution in [-0.2, 0) is 13.1 Å². The van der Waals surface area contributed by atoms with E-state index >= 15 is 0 Å². The second-order valence-electron chi connectivity index (χ2n) is 4.00. The van der Waals surface area contributed by atoms with E-state index in [0.29, 0.717) is 6.54 Å². The van der Waals surface area contributed by atoms with Crippen LogP contribution in [0.4, 0.5) is 0 Å². The van der Waals surface area contributed by atoms with Crippen LogP contribution in [0, 0.1) is 0 Å². The van der Waals surface area contributed by atoms with E-state index in [-0.39, 0.29) is 0 Å². The smallest absolute Gasteiger partial charge is 0.165 e. The van der Waals surface area contributed by atoms with Crippen molar-refractivity contribution in [2.45, 2.75) is 26.4 Å². The van der Waals surface area contributed by atoms with E-state index < -0.39 is 0 Å². The van der Waals surface area contributed by atoms with E-state index in [1.54, 1.807) is 6.20 Å². The molecule has 0 amide bonds. The Kier molecular flexibility index (Phi) is 4.38. The summed E-state index contributed by atoms with van der Waals surface area (Å²) in [5.41, 5.74) is 6.67. The van der Waals surface area contributed by atoms with Crippen molar-refractivity contribution in [1.82, 2.24) is 9.78 Å². The topological polar surface area (TPSA) is 53.1 Å². The first-order valence-corrected chi connectivity index (χ1v) is 6.71. The molecule has 0 saturated carbocycles. The lowest BCUT2D eigenvalue weighted by Crippen LogP contribution is -1.99. The molecule has 0 aliphatic heterocycles. The molecule has 2 rings (SSSR count). The highest BCUT2D eigenvalue weighted by Gasteiger charge is 2.06. The Hall–Kier alpha value is -1.33. The molecule has 18 heavy (non-hydrogen) atoms. The molecule has 1 aromatic carbocycles. The molecule has 4 nitrogen and oxygen atoms in total. The quantitative estimate of drug-likeness (QED) is 0.922. The van der Waals surface area contributed by atoms with Gasteiger partial charge in [0.15, 0.2) is 5.75 Å². The maximum Gasteiger partial charge on any atom is 0.165 e. The zero-order valence-electron chi connectivity index (χ0n) is 10.3. The number of hydrogen-bond donors (Lipinski definition) is 1. The molecule has 0 aliphatic carbocycles. The maximum atomic E-state index is 5.80. The van der Waals surface area contributed by atoms with E-state index in [4.69, 9.17) is 10.5 Å². The monoisotopic (exact) mass is 309 g/mol. The van der Waals surface area contributed by atoms with Crippen LogP contribution in [0.3, 0.4) is 0 Å². The predicted octanol–water partition coefficient (Wildman–Crippen LogP) is 3.31. The first kappa shape index (κ1) is 13.1. The molecular formula is C13H16BrN3O. The fraction of sp³-hybridized carbons (Fsp3) is 0.308. The van der Waals surface area contributed by atoms with Gasteiger partial charge in [-0.15, -0.1) is 0 Å². The van der Waals surface area contributed by atoms with Crippen LogP contribution in [0.1, 0.15) is 18.9 Å². The summed E-state index contributed by atoms with van der Waals surface area (Å²) in [6.07, 6.45) is 4.66. The summed E-state index contributed by atoms with van der Waals surface area (Å²) in [6, 6.07) is 5.81. The predicted molar refractivity (Wildman–Crippen MR) is 74.6 cm³/mol. The van der Waals surface area contributed by atoms with Gasteiger partial charge in [-0.2, -0.15) is 5.10 Å². The molecule has 0 atom stereocenters. The second-order valence-corrected chi connectivity index (χ2v) is 4.91. The Bertz CT molecular complexity index is 525. The van der Waals surface area contributed by atoms with Crippen LogP contribution >= 0.6 is 15.9 Å². The minimum atomic E-state index is 0.442. The fourth-order valence-corrected chi connectivity index (χ4v) is 2.09. The fourth-order valence-electron chi connectivity index (χ4n) is 1.68. The van der Waals surface area contributed by atoms with Gasteiger partial charge < -0.3 is 10.5 Å². The molecule has 1 aromatic heterocycles. The van der Waals surface area contributed by atoms with E-state index in [0.717, 1.165) is 34.5 Å². The molecular weight excluding hydrogens is 294 g/mol. The van der Waals surface area contributed by atoms with Crippen molar-refractivity contribution in [3.8, 4) is 11.5 Å². The van der Waals surface area contributed by atoms with E-state index in [1.165, 1.54) is 0 Å². The molecule has 96 valence electrons. The van der Waals surface area contributed by atoms with Gasteiger partial charge in [0, 0.05) is 23.1 Å². The molecule has 0 bridgehead atoms. The minimum Gasteiger partial charge on any atom is -0.454 e. The van der Waals surface area contributed by atoms with Crippen molar-refractivity contribution >= 4 is 15.9 Å². The van der Waals surface area contributed by atoms with Gasteiger partial charge >= 0.3 is 0 Å². The van der Waals surface area contributed by atoms with E-state index in [2.05, 4.69) is 28.0 Å². The second kappa shape index (κ2) is 6.02. The zero-order valence-corrected chi connectivity index (χ0v) is 11.9. The van der Waals surface area contributed by atoms with Crippen LogP contribution in [0.2, 0.25) is 0 Å². The third-order valence-corrected chi connectivity index (χ3v) is 3.03. The number of ether oxygens (including phenoxy) is 1. The van der Waals surface area contributed by atoms with Crippen molar-refractivity contribution in [3.05, 3.63) is 40.6 Å². The summed E-state index contributed by atoms with van der Waals surface area (Å²) >= 11 is 3.42. The average molecular weight is 310 g/mol. The molecule has 0 radical (unpaired) electrons. The van der Waals surface area contributed by atoms with Crippen LogP contribution in [0.25, 0.3) is 0 Å². The van der Waals surface area contributed by atoms with Crippen LogP contribution < -0.4 is 10.5 Å². The standard InChI is InChI=1S/C13H16BrN3O/c1-2-5-17-9-12(8-16-17)18-13-4-3-11(14)6-10(13)7-15/h3-4,6,8-9H,2,5,7,15H2,1H3. The minimum absolute atomic E-state index is 0.442. The molecule has 0 fully saturated rings. The SMILES string of the molecule is CCCn1cc(Oc2ccc(Br)cc2CN)cn1. The number of nitrogens with zero attached hydrogens (tertiary/aromatic N) is 2. The molecule has 5 heteroatoms. The van der Waals surface area contributed by atoms with Gasteiger partial charge in [-0.25, -0.2) is 0 Å². The Morgan fingerprint density at radius 1 is 1.44 bits per heavy atom. The number of aryl methyl sites for hydroxylation is 1. The molecule has 0 aliphatic rings. The van der Waals surface area contributed by atoms with Gasteiger partial charge in [-0.1, -0.05) is 22.9 Å². The zero-order chi connectivity index (χ0) is 13.0. The molecule has 2 aromatic rings. The Morgan fingerprint density at radius 2 is 2.28 bits per heavy atom. The first-order chi connectivity index (χ1) is 8.72. The Morgan fingerprint density at radius 3 is 3.00 bits per heavy atom. The lowest BCUT2D eigenvalue weighted by atomic mass is 10.2. The van der Waals surface area contributed by atoms with E-state index in [9.17, 15) is 0 Å². The normalized spacial score (nSPS) is 10.6. The third-order valence-electron chi connectivity index (χ3n) is 2.53. The van der Waals surface area contributed by atoms with Crippen LogP contribution in [0.15, 0.2) is 35.1 Å². The van der Waals surface area contributed by atoms with Crippen molar-refractivity contribution in [1.29, 1.82) is 0 Å². The number of halogens is 1. The first-order valence-electron chi connectivity index (χ1n) is 5.91. The number of rotatable bonds is 5. The van der Waals surface area contributed by atoms with Gasteiger partial charge in [0.2, 0.25) is 0 Å². The van der Waals surface area contributed by atoms with Gasteiger partial charge in [-0.3, -0.25) is 4.68 Å². The summed E-state index contributed by atoms with van der Waals surface area (Å²) in [5.74, 6) is 1.51. The third kappa shape index (κ3) is 3.11. The van der Waals surface area contributed by atoms with Gasteiger partial charge in [-0.05, 0) is 24.6 Å². The molecule has 1 heterocycles. The summed E-state index contributed by atoms with van der Waals surface area (Å²) in [7, 11) is 0. The maximum absolute atomic E-state index is 5.80. The summed E-state index contributed by atoms with van der Waals surface area (Å²) < 4.78 is 8.67. The highest BCUT2D eigenvalue weighted by Crippen LogP contribution is 2.27. The molecule has 0 unspecified atom stereocenters. The highest BCUT2D eigenvalue weighted by molar-refractivity contribution is 9.10. The number of aromatic nitrogens is 2. The number of nitrogens with two attached hydrogens (primary N) is 1. The molecule has 0 spiro atoms. The lowest BCUT2D eigenvalue weighted by molar-refractivity contribution is 0.474. The summed E-state index contributed by atoms with van der Waals surface area (Å²) in [5, 5.41) is 4.23. The highest BCUT2D eigenvalue weighted by atomic mass is 79.9. The van der Waals surface area contributed by atoms with Crippen molar-refractivity contribution in [3.63, 3.8) is 0 Å². The summed E-state index contributed by atoms with van der Waals surface area (Å²) in [6.45, 7) is 3.45. The number of benzene rings is 1. The van der Waals surface area contributed by atoms with Crippen molar-refractivity contribution in [2.24, 2.45) is 5.73 Å². The largest absolute Gasteiger partial charge is 0.454 e. The molecule has 0 saturated heterocycles. The Balaban J connectivity index is 2.17. The number of hydrogen-bond acceptors (Lipinski definition) is 3. The lowest BCUT2D eigenvalue weighted by Gasteiger charge is -2.08. The van der Waals surface area contributed by atoms with Crippen molar-refractivity contribution < 1.29 is 4.74 Å². The Labute approximate surface area is 115 Å². The van der Waals surface area contributed by atoms with E-state index in [1.807, 2.05) is 29.1 Å². The van der Waals surface area contributed by atoms with Gasteiger partial charge in [0.25, 0.3) is 0 Å².